The second-order valence-corrected chi connectivity index (χ2v) is 9.18. The molecule has 4 heterocycles. The highest BCUT2D eigenvalue weighted by atomic mass is 127. The van der Waals surface area contributed by atoms with Gasteiger partial charge in [-0.1, -0.05) is 11.6 Å². The summed E-state index contributed by atoms with van der Waals surface area (Å²) < 4.78 is 20.9. The first kappa shape index (κ1) is 16.7. The van der Waals surface area contributed by atoms with Crippen molar-refractivity contribution in [3.8, 4) is 11.6 Å². The SMILES string of the molecule is CC1(C)OC2C3CC3C(n3c(-c4ccco4)nc4c(Cl)nc(I)nc43)C2O1. The van der Waals surface area contributed by atoms with Crippen LogP contribution >= 0.6 is 34.2 Å². The molecule has 1 saturated heterocycles. The first-order valence-electron chi connectivity index (χ1n) is 8.93. The highest BCUT2D eigenvalue weighted by Crippen LogP contribution is 2.63. The van der Waals surface area contributed by atoms with Gasteiger partial charge in [0, 0.05) is 22.6 Å². The largest absolute Gasteiger partial charge is 0.461 e. The second kappa shape index (κ2) is 5.43. The minimum Gasteiger partial charge on any atom is -0.461 e. The number of furan rings is 1. The fraction of sp³-hybridized carbons (Fsp3) is 0.500. The van der Waals surface area contributed by atoms with Gasteiger partial charge in [0.2, 0.25) is 0 Å². The molecular formula is C18H16ClIN4O3. The number of aromatic nitrogens is 4. The van der Waals surface area contributed by atoms with Crippen molar-refractivity contribution in [3.63, 3.8) is 0 Å². The van der Waals surface area contributed by atoms with Gasteiger partial charge in [-0.05, 0) is 44.2 Å². The van der Waals surface area contributed by atoms with Gasteiger partial charge in [0.1, 0.15) is 11.6 Å². The Morgan fingerprint density at radius 3 is 2.78 bits per heavy atom. The maximum absolute atomic E-state index is 6.40. The molecule has 6 rings (SSSR count). The molecule has 5 atom stereocenters. The topological polar surface area (TPSA) is 75.2 Å². The lowest BCUT2D eigenvalue weighted by Gasteiger charge is -2.25. The van der Waals surface area contributed by atoms with Crippen molar-refractivity contribution in [2.75, 3.05) is 0 Å². The molecule has 3 aromatic rings. The summed E-state index contributed by atoms with van der Waals surface area (Å²) >= 11 is 8.48. The summed E-state index contributed by atoms with van der Waals surface area (Å²) in [5, 5.41) is 0.349. The fourth-order valence-corrected chi connectivity index (χ4v) is 5.60. The van der Waals surface area contributed by atoms with Gasteiger partial charge in [-0.25, -0.2) is 15.0 Å². The Balaban J connectivity index is 1.60. The van der Waals surface area contributed by atoms with Crippen LogP contribution < -0.4 is 0 Å². The third-order valence-electron chi connectivity index (χ3n) is 5.76. The van der Waals surface area contributed by atoms with Crippen molar-refractivity contribution in [1.29, 1.82) is 0 Å². The Labute approximate surface area is 173 Å². The van der Waals surface area contributed by atoms with E-state index in [-0.39, 0.29) is 18.2 Å². The third kappa shape index (κ3) is 2.36. The van der Waals surface area contributed by atoms with Crippen LogP contribution in [0.25, 0.3) is 22.7 Å². The van der Waals surface area contributed by atoms with E-state index in [4.69, 9.17) is 30.5 Å². The molecule has 0 N–H and O–H groups in total. The normalized spacial score (nSPS) is 33.4. The van der Waals surface area contributed by atoms with Crippen molar-refractivity contribution in [1.82, 2.24) is 19.5 Å². The van der Waals surface area contributed by atoms with E-state index in [0.717, 1.165) is 12.1 Å². The maximum Gasteiger partial charge on any atom is 0.194 e. The average molecular weight is 499 g/mol. The van der Waals surface area contributed by atoms with Gasteiger partial charge >= 0.3 is 0 Å². The van der Waals surface area contributed by atoms with E-state index in [9.17, 15) is 0 Å². The van der Waals surface area contributed by atoms with Crippen LogP contribution in [0.2, 0.25) is 5.15 Å². The van der Waals surface area contributed by atoms with Crippen LogP contribution in [0.4, 0.5) is 0 Å². The zero-order chi connectivity index (χ0) is 18.5. The number of hydrogen-bond acceptors (Lipinski definition) is 6. The summed E-state index contributed by atoms with van der Waals surface area (Å²) in [6.07, 6.45) is 2.83. The number of nitrogens with zero attached hydrogens (tertiary/aromatic N) is 4. The predicted molar refractivity (Wildman–Crippen MR) is 105 cm³/mol. The second-order valence-electron chi connectivity index (χ2n) is 7.86. The molecule has 1 aliphatic heterocycles. The van der Waals surface area contributed by atoms with E-state index in [0.29, 0.717) is 37.9 Å². The monoisotopic (exact) mass is 498 g/mol. The van der Waals surface area contributed by atoms with Crippen molar-refractivity contribution in [2.24, 2.45) is 11.8 Å². The first-order chi connectivity index (χ1) is 12.9. The fourth-order valence-electron chi connectivity index (χ4n) is 4.78. The molecule has 2 saturated carbocycles. The van der Waals surface area contributed by atoms with Crippen LogP contribution in [-0.2, 0) is 9.47 Å². The number of ether oxygens (including phenoxy) is 2. The average Bonchev–Trinajstić information content (AvgIpc) is 2.93. The predicted octanol–water partition coefficient (Wildman–Crippen LogP) is 4.06. The summed E-state index contributed by atoms with van der Waals surface area (Å²) in [4.78, 5) is 13.7. The van der Waals surface area contributed by atoms with E-state index in [2.05, 4.69) is 37.1 Å². The highest BCUT2D eigenvalue weighted by Gasteiger charge is 2.67. The van der Waals surface area contributed by atoms with Gasteiger partial charge < -0.3 is 13.9 Å². The lowest BCUT2D eigenvalue weighted by Crippen LogP contribution is -2.30. The van der Waals surface area contributed by atoms with E-state index in [1.54, 1.807) is 6.26 Å². The van der Waals surface area contributed by atoms with Gasteiger partial charge in [0.15, 0.2) is 32.0 Å². The Hall–Kier alpha value is -1.23. The molecule has 0 spiro atoms. The molecule has 0 bridgehead atoms. The van der Waals surface area contributed by atoms with Crippen LogP contribution in [0, 0.1) is 15.7 Å². The molecule has 27 heavy (non-hydrogen) atoms. The highest BCUT2D eigenvalue weighted by molar-refractivity contribution is 14.1. The van der Waals surface area contributed by atoms with Crippen molar-refractivity contribution in [2.45, 2.75) is 44.3 Å². The molecule has 5 unspecified atom stereocenters. The molecular weight excluding hydrogens is 483 g/mol. The molecule has 140 valence electrons. The van der Waals surface area contributed by atoms with Gasteiger partial charge in [0.05, 0.1) is 18.4 Å². The van der Waals surface area contributed by atoms with E-state index >= 15 is 0 Å². The van der Waals surface area contributed by atoms with Gasteiger partial charge in [-0.15, -0.1) is 0 Å². The number of imidazole rings is 1. The summed E-state index contributed by atoms with van der Waals surface area (Å²) in [5.74, 6) is 1.80. The maximum atomic E-state index is 6.40. The lowest BCUT2D eigenvalue weighted by molar-refractivity contribution is -0.156. The molecule has 9 heteroatoms. The Morgan fingerprint density at radius 2 is 2.00 bits per heavy atom. The number of rotatable bonds is 2. The molecule has 0 aromatic carbocycles. The van der Waals surface area contributed by atoms with Crippen molar-refractivity contribution in [3.05, 3.63) is 27.4 Å². The van der Waals surface area contributed by atoms with Gasteiger partial charge in [-0.2, -0.15) is 0 Å². The molecule has 0 amide bonds. The Morgan fingerprint density at radius 1 is 1.19 bits per heavy atom. The first-order valence-corrected chi connectivity index (χ1v) is 10.4. The minimum absolute atomic E-state index is 0.0405. The summed E-state index contributed by atoms with van der Waals surface area (Å²) in [5.41, 5.74) is 1.30. The molecule has 3 aliphatic rings. The third-order valence-corrected chi connectivity index (χ3v) is 6.51. The van der Waals surface area contributed by atoms with Crippen LogP contribution in [0.15, 0.2) is 22.8 Å². The standard InChI is InChI=1S/C18H16ClIN4O3/c1-18(2)26-12-8-6-7(8)11(13(12)27-18)24-15(9-4-3-5-25-9)21-10-14(19)22-17(20)23-16(10)24/h3-5,7-8,11-13H,6H2,1-2H3. The van der Waals surface area contributed by atoms with Crippen LogP contribution in [0.5, 0.6) is 0 Å². The number of hydrogen-bond donors (Lipinski definition) is 0. The minimum atomic E-state index is -0.580. The summed E-state index contributed by atoms with van der Waals surface area (Å²) in [7, 11) is 0. The van der Waals surface area contributed by atoms with Crippen molar-refractivity contribution < 1.29 is 13.9 Å². The van der Waals surface area contributed by atoms with Gasteiger partial charge in [0.25, 0.3) is 0 Å². The molecule has 7 nitrogen and oxygen atoms in total. The number of fused-ring (bicyclic) bond motifs is 4. The van der Waals surface area contributed by atoms with E-state index in [1.807, 2.05) is 26.0 Å². The van der Waals surface area contributed by atoms with Crippen LogP contribution in [0.3, 0.4) is 0 Å². The molecule has 3 fully saturated rings. The van der Waals surface area contributed by atoms with Gasteiger partial charge in [-0.3, -0.25) is 4.57 Å². The zero-order valence-corrected chi connectivity index (χ0v) is 17.5. The van der Waals surface area contributed by atoms with E-state index in [1.165, 1.54) is 0 Å². The molecule has 2 aliphatic carbocycles. The van der Waals surface area contributed by atoms with Crippen LogP contribution in [0.1, 0.15) is 26.3 Å². The zero-order valence-electron chi connectivity index (χ0n) is 14.6. The molecule has 3 aromatic heterocycles. The van der Waals surface area contributed by atoms with E-state index < -0.39 is 5.79 Å². The Kier molecular flexibility index (Phi) is 3.36. The summed E-state index contributed by atoms with van der Waals surface area (Å²) in [6, 6.07) is 3.83. The Bertz CT molecular complexity index is 1070. The molecule has 0 radical (unpaired) electrons. The summed E-state index contributed by atoms with van der Waals surface area (Å²) in [6.45, 7) is 3.95. The smallest absolute Gasteiger partial charge is 0.194 e. The van der Waals surface area contributed by atoms with Crippen molar-refractivity contribution >= 4 is 45.4 Å². The lowest BCUT2D eigenvalue weighted by atomic mass is 10.1. The quantitative estimate of drug-likeness (QED) is 0.301. The number of halogens is 2. The van der Waals surface area contributed by atoms with Crippen LogP contribution in [-0.4, -0.2) is 37.5 Å².